The molecule has 0 saturated heterocycles. The Hall–Kier alpha value is -1.66. The molecule has 0 saturated carbocycles. The number of hydrazine groups is 1. The highest BCUT2D eigenvalue weighted by Gasteiger charge is 2.18. The summed E-state index contributed by atoms with van der Waals surface area (Å²) in [6, 6.07) is 6.53. The lowest BCUT2D eigenvalue weighted by Gasteiger charge is -2.09. The smallest absolute Gasteiger partial charge is 0.147 e. The van der Waals surface area contributed by atoms with E-state index >= 15 is 0 Å². The summed E-state index contributed by atoms with van der Waals surface area (Å²) < 4.78 is 13.1. The molecule has 0 amide bonds. The summed E-state index contributed by atoms with van der Waals surface area (Å²) in [6.07, 6.45) is 3.05. The van der Waals surface area contributed by atoms with Gasteiger partial charge in [0.1, 0.15) is 17.5 Å². The second kappa shape index (κ2) is 5.76. The van der Waals surface area contributed by atoms with Crippen molar-refractivity contribution in [2.24, 2.45) is 5.84 Å². The van der Waals surface area contributed by atoms with E-state index in [2.05, 4.69) is 15.4 Å². The molecule has 1 aromatic heterocycles. The van der Waals surface area contributed by atoms with Crippen LogP contribution in [0.4, 0.5) is 10.2 Å². The van der Waals surface area contributed by atoms with Gasteiger partial charge in [0.15, 0.2) is 0 Å². The van der Waals surface area contributed by atoms with Gasteiger partial charge in [0.25, 0.3) is 0 Å². The maximum Gasteiger partial charge on any atom is 0.147 e. The Kier molecular flexibility index (Phi) is 3.84. The van der Waals surface area contributed by atoms with Crippen molar-refractivity contribution in [3.63, 3.8) is 0 Å². The lowest BCUT2D eigenvalue weighted by Crippen LogP contribution is -2.13. The van der Waals surface area contributed by atoms with E-state index in [1.807, 2.05) is 6.07 Å². The maximum absolute atomic E-state index is 13.1. The van der Waals surface area contributed by atoms with E-state index in [0.717, 1.165) is 47.1 Å². The van der Waals surface area contributed by atoms with Crippen LogP contribution in [0.3, 0.4) is 0 Å². The van der Waals surface area contributed by atoms with Gasteiger partial charge in [-0.1, -0.05) is 6.07 Å². The topological polar surface area (TPSA) is 63.8 Å². The van der Waals surface area contributed by atoms with E-state index in [-0.39, 0.29) is 5.82 Å². The van der Waals surface area contributed by atoms with Crippen LogP contribution in [0, 0.1) is 5.82 Å². The third-order valence-corrected chi connectivity index (χ3v) is 4.27. The number of hydrogen-bond acceptors (Lipinski definition) is 5. The highest BCUT2D eigenvalue weighted by Crippen LogP contribution is 2.28. The van der Waals surface area contributed by atoms with Crippen LogP contribution in [0.15, 0.2) is 29.2 Å². The van der Waals surface area contributed by atoms with Gasteiger partial charge in [0.2, 0.25) is 0 Å². The minimum absolute atomic E-state index is 0.228. The largest absolute Gasteiger partial charge is 0.308 e. The number of nitrogens with one attached hydrogen (secondary N) is 1. The fraction of sp³-hybridized carbons (Fsp3) is 0.286. The first-order chi connectivity index (χ1) is 9.76. The molecule has 3 rings (SSSR count). The van der Waals surface area contributed by atoms with E-state index in [9.17, 15) is 4.39 Å². The third-order valence-electron chi connectivity index (χ3n) is 3.28. The molecule has 6 heteroatoms. The van der Waals surface area contributed by atoms with Crippen molar-refractivity contribution in [3.8, 4) is 0 Å². The molecule has 1 heterocycles. The monoisotopic (exact) mass is 290 g/mol. The molecule has 20 heavy (non-hydrogen) atoms. The first kappa shape index (κ1) is 13.3. The van der Waals surface area contributed by atoms with Gasteiger partial charge in [0.05, 0.1) is 5.75 Å². The van der Waals surface area contributed by atoms with Crippen molar-refractivity contribution < 1.29 is 4.39 Å². The first-order valence-corrected chi connectivity index (χ1v) is 7.48. The summed E-state index contributed by atoms with van der Waals surface area (Å²) in [7, 11) is 0. The number of hydrogen-bond donors (Lipinski definition) is 2. The fourth-order valence-electron chi connectivity index (χ4n) is 2.37. The second-order valence-electron chi connectivity index (χ2n) is 4.66. The quantitative estimate of drug-likeness (QED) is 0.515. The maximum atomic E-state index is 13.1. The van der Waals surface area contributed by atoms with Crippen molar-refractivity contribution in [2.45, 2.75) is 29.9 Å². The lowest BCUT2D eigenvalue weighted by molar-refractivity contribution is 0.624. The number of halogens is 1. The van der Waals surface area contributed by atoms with Gasteiger partial charge in [0, 0.05) is 16.2 Å². The molecule has 3 N–H and O–H groups in total. The molecule has 1 aliphatic rings. The standard InChI is InChI=1S/C14H15FN4S/c15-9-3-1-4-10(7-9)20-8-13-17-12-6-2-5-11(12)14(18-13)19-16/h1,3-4,7H,2,5-6,8,16H2,(H,17,18,19). The normalized spacial score (nSPS) is 13.3. The fourth-order valence-corrected chi connectivity index (χ4v) is 3.17. The second-order valence-corrected chi connectivity index (χ2v) is 5.71. The van der Waals surface area contributed by atoms with Crippen LogP contribution in [-0.4, -0.2) is 9.97 Å². The van der Waals surface area contributed by atoms with Crippen LogP contribution in [0.25, 0.3) is 0 Å². The number of thioether (sulfide) groups is 1. The van der Waals surface area contributed by atoms with Gasteiger partial charge in [-0.25, -0.2) is 20.2 Å². The van der Waals surface area contributed by atoms with Gasteiger partial charge >= 0.3 is 0 Å². The molecule has 0 unspecified atom stereocenters. The number of aromatic nitrogens is 2. The summed E-state index contributed by atoms with van der Waals surface area (Å²) in [4.78, 5) is 9.89. The molecular formula is C14H15FN4S. The lowest BCUT2D eigenvalue weighted by atomic mass is 10.2. The summed E-state index contributed by atoms with van der Waals surface area (Å²) in [5.41, 5.74) is 4.87. The van der Waals surface area contributed by atoms with Gasteiger partial charge < -0.3 is 5.43 Å². The summed E-state index contributed by atoms with van der Waals surface area (Å²) >= 11 is 1.52. The van der Waals surface area contributed by atoms with Gasteiger partial charge in [-0.15, -0.1) is 11.8 Å². The number of nitrogens with two attached hydrogens (primary N) is 1. The van der Waals surface area contributed by atoms with Gasteiger partial charge in [-0.3, -0.25) is 0 Å². The summed E-state index contributed by atoms with van der Waals surface area (Å²) in [5.74, 6) is 7.35. The minimum atomic E-state index is -0.228. The summed E-state index contributed by atoms with van der Waals surface area (Å²) in [5, 5.41) is 0. The molecule has 0 fully saturated rings. The number of fused-ring (bicyclic) bond motifs is 1. The van der Waals surface area contributed by atoms with E-state index in [0.29, 0.717) is 5.75 Å². The predicted octanol–water partition coefficient (Wildman–Crippen LogP) is 2.68. The Bertz CT molecular complexity index is 633. The zero-order chi connectivity index (χ0) is 13.9. The molecule has 2 aromatic rings. The first-order valence-electron chi connectivity index (χ1n) is 6.50. The SMILES string of the molecule is NNc1nc(CSc2cccc(F)c2)nc2c1CCC2. The molecule has 0 aliphatic heterocycles. The van der Waals surface area contributed by atoms with Crippen LogP contribution < -0.4 is 11.3 Å². The molecule has 0 atom stereocenters. The van der Waals surface area contributed by atoms with E-state index in [1.54, 1.807) is 6.07 Å². The molecule has 1 aliphatic carbocycles. The highest BCUT2D eigenvalue weighted by atomic mass is 32.2. The van der Waals surface area contributed by atoms with E-state index in [4.69, 9.17) is 5.84 Å². The molecule has 4 nitrogen and oxygen atoms in total. The Morgan fingerprint density at radius 1 is 1.30 bits per heavy atom. The van der Waals surface area contributed by atoms with Crippen molar-refractivity contribution in [3.05, 3.63) is 47.2 Å². The zero-order valence-corrected chi connectivity index (χ0v) is 11.7. The van der Waals surface area contributed by atoms with Crippen LogP contribution >= 0.6 is 11.8 Å². The van der Waals surface area contributed by atoms with Crippen molar-refractivity contribution >= 4 is 17.6 Å². The van der Waals surface area contributed by atoms with Crippen LogP contribution in [-0.2, 0) is 18.6 Å². The Morgan fingerprint density at radius 2 is 2.20 bits per heavy atom. The average molecular weight is 290 g/mol. The highest BCUT2D eigenvalue weighted by molar-refractivity contribution is 7.98. The Balaban J connectivity index is 1.78. The predicted molar refractivity (Wildman–Crippen MR) is 77.8 cm³/mol. The minimum Gasteiger partial charge on any atom is -0.308 e. The van der Waals surface area contributed by atoms with Crippen molar-refractivity contribution in [1.82, 2.24) is 9.97 Å². The third kappa shape index (κ3) is 2.76. The van der Waals surface area contributed by atoms with E-state index in [1.165, 1.54) is 23.9 Å². The van der Waals surface area contributed by atoms with Crippen LogP contribution in [0.2, 0.25) is 0 Å². The Labute approximate surface area is 121 Å². The van der Waals surface area contributed by atoms with E-state index < -0.39 is 0 Å². The molecule has 0 bridgehead atoms. The Morgan fingerprint density at radius 3 is 3.00 bits per heavy atom. The number of aryl methyl sites for hydroxylation is 1. The van der Waals surface area contributed by atoms with Crippen molar-refractivity contribution in [1.29, 1.82) is 0 Å². The number of nitrogens with zero attached hydrogens (tertiary/aromatic N) is 2. The van der Waals surface area contributed by atoms with Gasteiger partial charge in [-0.2, -0.15) is 0 Å². The molecule has 104 valence electrons. The molecule has 0 radical (unpaired) electrons. The average Bonchev–Trinajstić information content (AvgIpc) is 2.92. The van der Waals surface area contributed by atoms with Crippen molar-refractivity contribution in [2.75, 3.05) is 5.43 Å². The molecule has 1 aromatic carbocycles. The number of rotatable bonds is 4. The number of anilines is 1. The molecule has 0 spiro atoms. The number of benzene rings is 1. The van der Waals surface area contributed by atoms with Crippen LogP contribution in [0.5, 0.6) is 0 Å². The van der Waals surface area contributed by atoms with Gasteiger partial charge in [-0.05, 0) is 37.5 Å². The zero-order valence-electron chi connectivity index (χ0n) is 10.9. The number of nitrogen functional groups attached to an aromatic ring is 1. The summed E-state index contributed by atoms with van der Waals surface area (Å²) in [6.45, 7) is 0. The molecular weight excluding hydrogens is 275 g/mol. The van der Waals surface area contributed by atoms with Crippen LogP contribution in [0.1, 0.15) is 23.5 Å².